The van der Waals surface area contributed by atoms with Crippen molar-refractivity contribution in [3.63, 3.8) is 0 Å². The predicted octanol–water partition coefficient (Wildman–Crippen LogP) is 2.16. The van der Waals surface area contributed by atoms with Crippen LogP contribution in [-0.2, 0) is 6.42 Å². The molecule has 0 aliphatic rings. The molecule has 0 aliphatic carbocycles. The van der Waals surface area contributed by atoms with Crippen LogP contribution in [0.25, 0.3) is 0 Å². The summed E-state index contributed by atoms with van der Waals surface area (Å²) < 4.78 is 11.0. The smallest absolute Gasteiger partial charge is 0.161 e. The lowest BCUT2D eigenvalue weighted by atomic mass is 10.0. The summed E-state index contributed by atoms with van der Waals surface area (Å²) in [5.74, 6) is 1.02. The maximum atomic E-state index is 9.02. The van der Waals surface area contributed by atoms with Crippen LogP contribution in [0.15, 0.2) is 18.2 Å². The predicted molar refractivity (Wildman–Crippen MR) is 68.7 cm³/mol. The highest BCUT2D eigenvalue weighted by atomic mass is 16.5. The van der Waals surface area contributed by atoms with Crippen molar-refractivity contribution in [3.8, 4) is 17.6 Å². The molecule has 1 aromatic rings. The molecule has 4 heteroatoms. The third-order valence-electron chi connectivity index (χ3n) is 2.49. The fraction of sp³-hybridized carbons (Fsp3) is 0.500. The normalized spacial score (nSPS) is 11.7. The molecule has 1 N–H and O–H groups in total. The van der Waals surface area contributed by atoms with E-state index in [1.807, 2.05) is 32.0 Å². The van der Waals surface area contributed by atoms with Gasteiger partial charge in [-0.3, -0.25) is 0 Å². The van der Waals surface area contributed by atoms with E-state index < -0.39 is 0 Å². The molecule has 0 spiro atoms. The zero-order valence-corrected chi connectivity index (χ0v) is 10.8. The molecule has 1 rings (SSSR count). The van der Waals surface area contributed by atoms with E-state index in [1.165, 1.54) is 0 Å². The number of hydrogen-bond acceptors (Lipinski definition) is 4. The van der Waals surface area contributed by atoms with Gasteiger partial charge in [0.05, 0.1) is 31.8 Å². The van der Waals surface area contributed by atoms with Gasteiger partial charge in [-0.05, 0) is 38.0 Å². The Balaban J connectivity index is 2.88. The number of hydrogen-bond donors (Lipinski definition) is 1. The largest absolute Gasteiger partial charge is 0.490 e. The third-order valence-corrected chi connectivity index (χ3v) is 2.49. The minimum absolute atomic E-state index is 0.131. The van der Waals surface area contributed by atoms with Gasteiger partial charge in [0.2, 0.25) is 0 Å². The summed E-state index contributed by atoms with van der Waals surface area (Å²) in [4.78, 5) is 0. The number of nitrogens with zero attached hydrogens (tertiary/aromatic N) is 1. The number of aliphatic hydroxyl groups excluding tert-OH is 1. The van der Waals surface area contributed by atoms with Crippen LogP contribution in [0.3, 0.4) is 0 Å². The number of benzene rings is 1. The van der Waals surface area contributed by atoms with Crippen molar-refractivity contribution in [1.82, 2.24) is 0 Å². The molecular formula is C14H19NO3. The SMILES string of the molecule is CCOc1ccc(CC(C#N)CO)cc1OCC. The maximum Gasteiger partial charge on any atom is 0.161 e. The average Bonchev–Trinajstić information content (AvgIpc) is 2.39. The highest BCUT2D eigenvalue weighted by molar-refractivity contribution is 5.43. The Bertz CT molecular complexity index is 412. The Hall–Kier alpha value is -1.73. The zero-order chi connectivity index (χ0) is 13.4. The lowest BCUT2D eigenvalue weighted by molar-refractivity contribution is 0.255. The number of nitriles is 1. The number of aliphatic hydroxyl groups is 1. The lowest BCUT2D eigenvalue weighted by Gasteiger charge is -2.13. The first-order valence-electron chi connectivity index (χ1n) is 6.14. The van der Waals surface area contributed by atoms with Gasteiger partial charge < -0.3 is 14.6 Å². The van der Waals surface area contributed by atoms with Crippen molar-refractivity contribution in [1.29, 1.82) is 5.26 Å². The summed E-state index contributed by atoms with van der Waals surface area (Å²) in [6, 6.07) is 7.68. The molecule has 4 nitrogen and oxygen atoms in total. The molecule has 0 radical (unpaired) electrons. The highest BCUT2D eigenvalue weighted by Gasteiger charge is 2.10. The lowest BCUT2D eigenvalue weighted by Crippen LogP contribution is -2.07. The Kier molecular flexibility index (Phi) is 6.03. The molecule has 1 aromatic carbocycles. The van der Waals surface area contributed by atoms with Crippen molar-refractivity contribution in [2.45, 2.75) is 20.3 Å². The van der Waals surface area contributed by atoms with Crippen LogP contribution in [0.1, 0.15) is 19.4 Å². The molecule has 0 saturated heterocycles. The van der Waals surface area contributed by atoms with Crippen molar-refractivity contribution in [2.24, 2.45) is 5.92 Å². The van der Waals surface area contributed by atoms with Crippen LogP contribution in [0.4, 0.5) is 0 Å². The summed E-state index contributed by atoms with van der Waals surface area (Å²) in [7, 11) is 0. The Morgan fingerprint density at radius 1 is 1.22 bits per heavy atom. The number of ether oxygens (including phenoxy) is 2. The molecule has 98 valence electrons. The summed E-state index contributed by atoms with van der Waals surface area (Å²) >= 11 is 0. The zero-order valence-electron chi connectivity index (χ0n) is 10.8. The van der Waals surface area contributed by atoms with Gasteiger partial charge in [0, 0.05) is 0 Å². The Morgan fingerprint density at radius 2 is 1.89 bits per heavy atom. The molecule has 0 bridgehead atoms. The van der Waals surface area contributed by atoms with E-state index in [0.29, 0.717) is 31.1 Å². The third kappa shape index (κ3) is 3.94. The van der Waals surface area contributed by atoms with Crippen LogP contribution in [0.5, 0.6) is 11.5 Å². The van der Waals surface area contributed by atoms with Crippen LogP contribution in [0.2, 0.25) is 0 Å². The summed E-state index contributed by atoms with van der Waals surface area (Å²) in [5.41, 5.74) is 0.961. The first kappa shape index (κ1) is 14.3. The first-order chi connectivity index (χ1) is 8.74. The molecule has 18 heavy (non-hydrogen) atoms. The molecule has 0 aliphatic heterocycles. The van der Waals surface area contributed by atoms with Gasteiger partial charge in [-0.2, -0.15) is 5.26 Å². The van der Waals surface area contributed by atoms with Gasteiger partial charge in [-0.1, -0.05) is 6.07 Å². The van der Waals surface area contributed by atoms with Gasteiger partial charge in [0.25, 0.3) is 0 Å². The van der Waals surface area contributed by atoms with E-state index >= 15 is 0 Å². The topological polar surface area (TPSA) is 62.5 Å². The summed E-state index contributed by atoms with van der Waals surface area (Å²) in [5, 5.41) is 17.9. The van der Waals surface area contributed by atoms with E-state index in [2.05, 4.69) is 6.07 Å². The van der Waals surface area contributed by atoms with Crippen molar-refractivity contribution < 1.29 is 14.6 Å². The van der Waals surface area contributed by atoms with E-state index in [-0.39, 0.29) is 12.5 Å². The van der Waals surface area contributed by atoms with Crippen LogP contribution in [-0.4, -0.2) is 24.9 Å². The van der Waals surface area contributed by atoms with E-state index in [4.69, 9.17) is 19.8 Å². The minimum Gasteiger partial charge on any atom is -0.490 e. The minimum atomic E-state index is -0.377. The fourth-order valence-corrected chi connectivity index (χ4v) is 1.66. The van der Waals surface area contributed by atoms with Crippen molar-refractivity contribution in [3.05, 3.63) is 23.8 Å². The van der Waals surface area contributed by atoms with Crippen molar-refractivity contribution in [2.75, 3.05) is 19.8 Å². The first-order valence-corrected chi connectivity index (χ1v) is 6.14. The summed E-state index contributed by atoms with van der Waals surface area (Å²) in [6.07, 6.45) is 0.513. The summed E-state index contributed by atoms with van der Waals surface area (Å²) in [6.45, 7) is 4.84. The van der Waals surface area contributed by atoms with Gasteiger partial charge >= 0.3 is 0 Å². The second-order valence-electron chi connectivity index (χ2n) is 3.86. The van der Waals surface area contributed by atoms with Gasteiger partial charge in [-0.25, -0.2) is 0 Å². The standard InChI is InChI=1S/C14H19NO3/c1-3-17-13-6-5-11(7-12(9-15)10-16)8-14(13)18-4-2/h5-6,8,12,16H,3-4,7,10H2,1-2H3. The van der Waals surface area contributed by atoms with Gasteiger partial charge in [0.15, 0.2) is 11.5 Å². The van der Waals surface area contributed by atoms with Gasteiger partial charge in [-0.15, -0.1) is 0 Å². The molecule has 1 unspecified atom stereocenters. The Labute approximate surface area is 108 Å². The molecule has 0 aromatic heterocycles. The monoisotopic (exact) mass is 249 g/mol. The van der Waals surface area contributed by atoms with Crippen LogP contribution >= 0.6 is 0 Å². The fourth-order valence-electron chi connectivity index (χ4n) is 1.66. The van der Waals surface area contributed by atoms with Crippen LogP contribution < -0.4 is 9.47 Å². The molecule has 1 atom stereocenters. The van der Waals surface area contributed by atoms with E-state index in [9.17, 15) is 0 Å². The molecule has 0 saturated carbocycles. The maximum absolute atomic E-state index is 9.02. The van der Waals surface area contributed by atoms with Gasteiger partial charge in [0.1, 0.15) is 0 Å². The molecule has 0 amide bonds. The molecule has 0 heterocycles. The van der Waals surface area contributed by atoms with E-state index in [0.717, 1.165) is 5.56 Å². The molecular weight excluding hydrogens is 230 g/mol. The highest BCUT2D eigenvalue weighted by Crippen LogP contribution is 2.29. The van der Waals surface area contributed by atoms with E-state index in [1.54, 1.807) is 0 Å². The molecule has 0 fully saturated rings. The second kappa shape index (κ2) is 7.57. The quantitative estimate of drug-likeness (QED) is 0.804. The van der Waals surface area contributed by atoms with Crippen molar-refractivity contribution >= 4 is 0 Å². The van der Waals surface area contributed by atoms with Crippen LogP contribution in [0, 0.1) is 17.2 Å². The Morgan fingerprint density at radius 3 is 2.44 bits per heavy atom. The number of rotatable bonds is 7. The second-order valence-corrected chi connectivity index (χ2v) is 3.86. The average molecular weight is 249 g/mol.